The Balaban J connectivity index is 1.62. The van der Waals surface area contributed by atoms with Crippen LogP contribution in [0.3, 0.4) is 0 Å². The molecule has 4 rings (SSSR count). The van der Waals surface area contributed by atoms with E-state index < -0.39 is 5.25 Å². The third-order valence-electron chi connectivity index (χ3n) is 4.37. The van der Waals surface area contributed by atoms with Crippen molar-refractivity contribution in [3.05, 3.63) is 65.2 Å². The zero-order chi connectivity index (χ0) is 18.8. The van der Waals surface area contributed by atoms with Gasteiger partial charge in [0.25, 0.3) is 5.91 Å². The number of anilines is 1. The fraction of sp³-hybridized carbons (Fsp3) is 0.250. The van der Waals surface area contributed by atoms with Gasteiger partial charge in [0.15, 0.2) is 5.17 Å². The summed E-state index contributed by atoms with van der Waals surface area (Å²) in [6, 6.07) is 17.0. The molecule has 0 saturated heterocycles. The van der Waals surface area contributed by atoms with Crippen LogP contribution in [0.5, 0.6) is 0 Å². The number of nitrogens with one attached hydrogen (secondary N) is 1. The molecule has 27 heavy (non-hydrogen) atoms. The molecule has 0 spiro atoms. The normalized spacial score (nSPS) is 17.6. The van der Waals surface area contributed by atoms with Crippen molar-refractivity contribution in [3.8, 4) is 0 Å². The number of amides is 2. The number of benzene rings is 2. The zero-order valence-corrected chi connectivity index (χ0v) is 16.0. The molecule has 0 unspecified atom stereocenters. The number of hydrogen-bond donors (Lipinski definition) is 1. The quantitative estimate of drug-likeness (QED) is 0.831. The molecular formula is C20H18ClN3O2S. The minimum atomic E-state index is -0.485. The Morgan fingerprint density at radius 3 is 2.56 bits per heavy atom. The van der Waals surface area contributed by atoms with Gasteiger partial charge in [-0.1, -0.05) is 65.8 Å². The summed E-state index contributed by atoms with van der Waals surface area (Å²) in [6.07, 6.45) is 2.03. The van der Waals surface area contributed by atoms with Crippen LogP contribution in [0.2, 0.25) is 5.02 Å². The van der Waals surface area contributed by atoms with Crippen LogP contribution in [0, 0.1) is 0 Å². The highest BCUT2D eigenvalue weighted by atomic mass is 35.5. The third-order valence-corrected chi connectivity index (χ3v) is 5.94. The van der Waals surface area contributed by atoms with Crippen molar-refractivity contribution in [2.75, 3.05) is 11.4 Å². The Kier molecular flexibility index (Phi) is 5.18. The Hall–Kier alpha value is -2.31. The molecule has 2 aromatic carbocycles. The van der Waals surface area contributed by atoms with Crippen LogP contribution in [0.1, 0.15) is 23.7 Å². The molecule has 0 aromatic heterocycles. The fourth-order valence-corrected chi connectivity index (χ4v) is 4.20. The predicted molar refractivity (Wildman–Crippen MR) is 109 cm³/mol. The van der Waals surface area contributed by atoms with E-state index in [1.165, 1.54) is 16.7 Å². The first-order valence-electron chi connectivity index (χ1n) is 8.77. The smallest absolute Gasteiger partial charge is 0.254 e. The molecule has 2 aromatic rings. The van der Waals surface area contributed by atoms with Crippen molar-refractivity contribution < 1.29 is 9.59 Å². The molecule has 0 bridgehead atoms. The highest BCUT2D eigenvalue weighted by Gasteiger charge is 2.35. The number of halogens is 1. The predicted octanol–water partition coefficient (Wildman–Crippen LogP) is 3.80. The van der Waals surface area contributed by atoms with E-state index in [0.717, 1.165) is 18.4 Å². The van der Waals surface area contributed by atoms with Gasteiger partial charge in [-0.15, -0.1) is 0 Å². The summed E-state index contributed by atoms with van der Waals surface area (Å²) in [4.78, 5) is 31.2. The lowest BCUT2D eigenvalue weighted by atomic mass is 10.1. The summed E-state index contributed by atoms with van der Waals surface area (Å²) in [5.74, 6) is -0.213. The van der Waals surface area contributed by atoms with E-state index in [0.29, 0.717) is 15.9 Å². The highest BCUT2D eigenvalue weighted by molar-refractivity contribution is 8.15. The van der Waals surface area contributed by atoms with Crippen LogP contribution in [0.15, 0.2) is 59.6 Å². The molecule has 2 aliphatic rings. The average molecular weight is 400 g/mol. The molecule has 1 aliphatic heterocycles. The number of thioether (sulfide) groups is 1. The lowest BCUT2D eigenvalue weighted by molar-refractivity contribution is -0.120. The van der Waals surface area contributed by atoms with Crippen LogP contribution in [-0.4, -0.2) is 29.6 Å². The van der Waals surface area contributed by atoms with E-state index in [-0.39, 0.29) is 24.4 Å². The monoisotopic (exact) mass is 399 g/mol. The maximum Gasteiger partial charge on any atom is 0.254 e. The van der Waals surface area contributed by atoms with Crippen molar-refractivity contribution in [2.24, 2.45) is 4.99 Å². The van der Waals surface area contributed by atoms with E-state index in [1.807, 2.05) is 42.5 Å². The molecule has 7 heteroatoms. The number of rotatable bonds is 5. The molecule has 2 amide bonds. The van der Waals surface area contributed by atoms with Gasteiger partial charge >= 0.3 is 0 Å². The second-order valence-corrected chi connectivity index (χ2v) is 7.95. The first-order chi connectivity index (χ1) is 13.1. The number of amidine groups is 1. The van der Waals surface area contributed by atoms with Crippen LogP contribution in [0.25, 0.3) is 0 Å². The van der Waals surface area contributed by atoms with Gasteiger partial charge in [0.2, 0.25) is 5.91 Å². The molecule has 1 saturated carbocycles. The second kappa shape index (κ2) is 7.74. The summed E-state index contributed by atoms with van der Waals surface area (Å²) in [7, 11) is 0. The van der Waals surface area contributed by atoms with Crippen LogP contribution in [0.4, 0.5) is 5.69 Å². The summed E-state index contributed by atoms with van der Waals surface area (Å²) >= 11 is 7.57. The van der Waals surface area contributed by atoms with Crippen molar-refractivity contribution in [3.63, 3.8) is 0 Å². The fourth-order valence-electron chi connectivity index (χ4n) is 2.85. The SMILES string of the molecule is O=C(NC1CC1)[C@@H](SC1=NCC(=O)N1c1ccccc1Cl)c1ccccc1. The van der Waals surface area contributed by atoms with Gasteiger partial charge in [0.1, 0.15) is 11.8 Å². The second-order valence-electron chi connectivity index (χ2n) is 6.47. The van der Waals surface area contributed by atoms with Crippen molar-refractivity contribution in [1.29, 1.82) is 0 Å². The molecule has 5 nitrogen and oxygen atoms in total. The zero-order valence-electron chi connectivity index (χ0n) is 14.5. The van der Waals surface area contributed by atoms with Gasteiger partial charge in [-0.05, 0) is 30.5 Å². The standard InChI is InChI=1S/C20H18ClN3O2S/c21-15-8-4-5-9-16(15)24-17(25)12-22-20(24)27-18(13-6-2-1-3-7-13)19(26)23-14-10-11-14/h1-9,14,18H,10-12H2,(H,23,26)/t18-/m0/s1. The number of para-hydroxylation sites is 1. The average Bonchev–Trinajstić information content (AvgIpc) is 3.42. The van der Waals surface area contributed by atoms with E-state index in [1.54, 1.807) is 12.1 Å². The number of nitrogens with zero attached hydrogens (tertiary/aromatic N) is 2. The van der Waals surface area contributed by atoms with Gasteiger partial charge in [0, 0.05) is 6.04 Å². The summed E-state index contributed by atoms with van der Waals surface area (Å²) in [5, 5.41) is 3.54. The maximum absolute atomic E-state index is 12.9. The molecule has 138 valence electrons. The third kappa shape index (κ3) is 4.01. The lowest BCUT2D eigenvalue weighted by Gasteiger charge is -2.23. The first-order valence-corrected chi connectivity index (χ1v) is 10.0. The molecule has 0 radical (unpaired) electrons. The van der Waals surface area contributed by atoms with Gasteiger partial charge < -0.3 is 5.32 Å². The molecule has 1 N–H and O–H groups in total. The van der Waals surface area contributed by atoms with Crippen LogP contribution in [-0.2, 0) is 9.59 Å². The Bertz CT molecular complexity index is 899. The molecular weight excluding hydrogens is 382 g/mol. The van der Waals surface area contributed by atoms with E-state index >= 15 is 0 Å². The molecule has 1 atom stereocenters. The van der Waals surface area contributed by atoms with E-state index in [4.69, 9.17) is 11.6 Å². The Morgan fingerprint density at radius 2 is 1.85 bits per heavy atom. The topological polar surface area (TPSA) is 61.8 Å². The number of carbonyl (C=O) groups is 2. The summed E-state index contributed by atoms with van der Waals surface area (Å²) in [5.41, 5.74) is 1.46. The van der Waals surface area contributed by atoms with Crippen molar-refractivity contribution in [1.82, 2.24) is 5.32 Å². The Morgan fingerprint density at radius 1 is 1.15 bits per heavy atom. The lowest BCUT2D eigenvalue weighted by Crippen LogP contribution is -2.34. The number of carbonyl (C=O) groups excluding carboxylic acids is 2. The Labute approximate surface area is 166 Å². The molecule has 1 aliphatic carbocycles. The van der Waals surface area contributed by atoms with Crippen molar-refractivity contribution in [2.45, 2.75) is 24.1 Å². The number of hydrogen-bond acceptors (Lipinski definition) is 4. The van der Waals surface area contributed by atoms with Gasteiger partial charge in [-0.25, -0.2) is 0 Å². The number of aliphatic imine (C=N–C) groups is 1. The van der Waals surface area contributed by atoms with Gasteiger partial charge in [-0.3, -0.25) is 19.5 Å². The first kappa shape index (κ1) is 18.1. The van der Waals surface area contributed by atoms with Crippen molar-refractivity contribution >= 4 is 46.0 Å². The maximum atomic E-state index is 12.9. The molecule has 1 heterocycles. The van der Waals surface area contributed by atoms with Gasteiger partial charge in [-0.2, -0.15) is 0 Å². The summed E-state index contributed by atoms with van der Waals surface area (Å²) < 4.78 is 0. The van der Waals surface area contributed by atoms with Gasteiger partial charge in [0.05, 0.1) is 10.7 Å². The summed E-state index contributed by atoms with van der Waals surface area (Å²) in [6.45, 7) is 0.0549. The van der Waals surface area contributed by atoms with Crippen LogP contribution >= 0.6 is 23.4 Å². The van der Waals surface area contributed by atoms with E-state index in [2.05, 4.69) is 10.3 Å². The van der Waals surface area contributed by atoms with Crippen LogP contribution < -0.4 is 10.2 Å². The van der Waals surface area contributed by atoms with E-state index in [9.17, 15) is 9.59 Å². The largest absolute Gasteiger partial charge is 0.352 e. The highest BCUT2D eigenvalue weighted by Crippen LogP contribution is 2.37. The minimum absolute atomic E-state index is 0.0549. The minimum Gasteiger partial charge on any atom is -0.352 e. The molecule has 1 fully saturated rings.